The highest BCUT2D eigenvalue weighted by Crippen LogP contribution is 2.19. The lowest BCUT2D eigenvalue weighted by Gasteiger charge is -2.22. The van der Waals surface area contributed by atoms with E-state index in [1.165, 1.54) is 4.31 Å². The molecule has 0 atom stereocenters. The van der Waals surface area contributed by atoms with E-state index in [4.69, 9.17) is 0 Å². The number of sulfonamides is 1. The Morgan fingerprint density at radius 3 is 2.26 bits per heavy atom. The van der Waals surface area contributed by atoms with E-state index in [2.05, 4.69) is 5.32 Å². The Hall–Kier alpha value is -3.48. The van der Waals surface area contributed by atoms with Crippen LogP contribution >= 0.6 is 0 Å². The van der Waals surface area contributed by atoms with Crippen molar-refractivity contribution in [3.63, 3.8) is 0 Å². The van der Waals surface area contributed by atoms with Crippen molar-refractivity contribution in [3.05, 3.63) is 114 Å². The van der Waals surface area contributed by atoms with Gasteiger partial charge in [-0.05, 0) is 47.4 Å². The SMILES string of the molecule is Cc1ccc(S(=O)(=O)N(CCc2ccccc2)CC(=O)NCc2cccc3ccccc23)cc1. The fraction of sp³-hybridized carbons (Fsp3) is 0.179. The van der Waals surface area contributed by atoms with Gasteiger partial charge >= 0.3 is 0 Å². The maximum atomic E-state index is 13.4. The second-order valence-electron chi connectivity index (χ2n) is 8.30. The third-order valence-corrected chi connectivity index (χ3v) is 7.69. The molecule has 34 heavy (non-hydrogen) atoms. The normalized spacial score (nSPS) is 11.6. The topological polar surface area (TPSA) is 66.5 Å². The number of hydrogen-bond donors (Lipinski definition) is 1. The molecular weight excluding hydrogens is 444 g/mol. The van der Waals surface area contributed by atoms with Crippen molar-refractivity contribution in [2.75, 3.05) is 13.1 Å². The van der Waals surface area contributed by atoms with Gasteiger partial charge in [0.1, 0.15) is 0 Å². The average Bonchev–Trinajstić information content (AvgIpc) is 2.86. The van der Waals surface area contributed by atoms with Crippen LogP contribution in [0.4, 0.5) is 0 Å². The van der Waals surface area contributed by atoms with Crippen LogP contribution in [-0.4, -0.2) is 31.7 Å². The number of fused-ring (bicyclic) bond motifs is 1. The van der Waals surface area contributed by atoms with E-state index in [1.54, 1.807) is 24.3 Å². The Kier molecular flexibility index (Phi) is 7.40. The molecule has 1 amide bonds. The first kappa shape index (κ1) is 23.7. The van der Waals surface area contributed by atoms with Gasteiger partial charge in [-0.2, -0.15) is 4.31 Å². The Labute approximate surface area is 201 Å². The van der Waals surface area contributed by atoms with Crippen LogP contribution in [-0.2, 0) is 27.8 Å². The molecule has 0 unspecified atom stereocenters. The predicted octanol–water partition coefficient (Wildman–Crippen LogP) is 4.70. The zero-order valence-electron chi connectivity index (χ0n) is 19.1. The molecule has 0 heterocycles. The number of hydrogen-bond acceptors (Lipinski definition) is 3. The molecule has 0 fully saturated rings. The summed E-state index contributed by atoms with van der Waals surface area (Å²) in [5.41, 5.74) is 2.98. The minimum Gasteiger partial charge on any atom is -0.351 e. The summed E-state index contributed by atoms with van der Waals surface area (Å²) < 4.78 is 28.1. The lowest BCUT2D eigenvalue weighted by Crippen LogP contribution is -2.41. The fourth-order valence-corrected chi connectivity index (χ4v) is 5.30. The molecule has 0 aliphatic carbocycles. The summed E-state index contributed by atoms with van der Waals surface area (Å²) in [5.74, 6) is -0.336. The van der Waals surface area contributed by atoms with Gasteiger partial charge in [0.05, 0.1) is 11.4 Å². The van der Waals surface area contributed by atoms with E-state index in [1.807, 2.05) is 79.7 Å². The van der Waals surface area contributed by atoms with Gasteiger partial charge < -0.3 is 5.32 Å². The number of benzene rings is 4. The number of rotatable bonds is 9. The summed E-state index contributed by atoms with van der Waals surface area (Å²) in [5, 5.41) is 5.07. The van der Waals surface area contributed by atoms with E-state index in [0.29, 0.717) is 13.0 Å². The molecule has 0 saturated carbocycles. The second kappa shape index (κ2) is 10.6. The third-order valence-electron chi connectivity index (χ3n) is 5.83. The Bertz CT molecular complexity index is 1360. The summed E-state index contributed by atoms with van der Waals surface area (Å²) in [6.07, 6.45) is 0.516. The predicted molar refractivity (Wildman–Crippen MR) is 136 cm³/mol. The van der Waals surface area contributed by atoms with Crippen LogP contribution in [0.5, 0.6) is 0 Å². The molecule has 1 N–H and O–H groups in total. The smallest absolute Gasteiger partial charge is 0.243 e. The zero-order chi connectivity index (χ0) is 24.0. The first-order chi connectivity index (χ1) is 16.4. The Balaban J connectivity index is 1.50. The van der Waals surface area contributed by atoms with E-state index >= 15 is 0 Å². The van der Waals surface area contributed by atoms with Crippen molar-refractivity contribution < 1.29 is 13.2 Å². The van der Waals surface area contributed by atoms with Crippen molar-refractivity contribution >= 4 is 26.7 Å². The Morgan fingerprint density at radius 1 is 0.824 bits per heavy atom. The van der Waals surface area contributed by atoms with E-state index in [-0.39, 0.29) is 23.9 Å². The van der Waals surface area contributed by atoms with E-state index < -0.39 is 10.0 Å². The van der Waals surface area contributed by atoms with Gasteiger partial charge in [0, 0.05) is 13.1 Å². The van der Waals surface area contributed by atoms with Crippen molar-refractivity contribution in [1.29, 1.82) is 0 Å². The molecule has 0 bridgehead atoms. The van der Waals surface area contributed by atoms with E-state index in [0.717, 1.165) is 27.5 Å². The molecule has 0 aromatic heterocycles. The fourth-order valence-electron chi connectivity index (χ4n) is 3.90. The van der Waals surface area contributed by atoms with Crippen LogP contribution in [0.2, 0.25) is 0 Å². The lowest BCUT2D eigenvalue weighted by atomic mass is 10.0. The molecular formula is C28H28N2O3S. The van der Waals surface area contributed by atoms with Crippen LogP contribution in [0.15, 0.2) is 102 Å². The van der Waals surface area contributed by atoms with Gasteiger partial charge in [-0.25, -0.2) is 8.42 Å². The second-order valence-corrected chi connectivity index (χ2v) is 10.2. The number of aryl methyl sites for hydroxylation is 1. The standard InChI is InChI=1S/C28H28N2O3S/c1-22-14-16-26(17-15-22)34(32,33)30(19-18-23-8-3-2-4-9-23)21-28(31)29-20-25-12-7-11-24-10-5-6-13-27(24)25/h2-17H,18-21H2,1H3,(H,29,31). The summed E-state index contributed by atoms with van der Waals surface area (Å²) in [6.45, 7) is 2.21. The van der Waals surface area contributed by atoms with Gasteiger partial charge in [0.2, 0.25) is 15.9 Å². The van der Waals surface area contributed by atoms with E-state index in [9.17, 15) is 13.2 Å². The van der Waals surface area contributed by atoms with Gasteiger partial charge in [-0.1, -0.05) is 90.5 Å². The quantitative estimate of drug-likeness (QED) is 0.384. The maximum absolute atomic E-state index is 13.4. The minimum atomic E-state index is -3.83. The summed E-state index contributed by atoms with van der Waals surface area (Å²) in [4.78, 5) is 13.1. The van der Waals surface area contributed by atoms with Crippen molar-refractivity contribution in [3.8, 4) is 0 Å². The molecule has 0 aliphatic rings. The number of carbonyl (C=O) groups excluding carboxylic acids is 1. The van der Waals surface area contributed by atoms with Crippen LogP contribution < -0.4 is 5.32 Å². The molecule has 174 valence electrons. The summed E-state index contributed by atoms with van der Waals surface area (Å²) >= 11 is 0. The Morgan fingerprint density at radius 2 is 1.50 bits per heavy atom. The van der Waals surface area contributed by atoms with Crippen LogP contribution in [0, 0.1) is 6.92 Å². The number of nitrogens with one attached hydrogen (secondary N) is 1. The van der Waals surface area contributed by atoms with Gasteiger partial charge in [0.15, 0.2) is 0 Å². The van der Waals surface area contributed by atoms with Crippen molar-refractivity contribution in [2.24, 2.45) is 0 Å². The summed E-state index contributed by atoms with van der Waals surface area (Å²) in [7, 11) is -3.83. The van der Waals surface area contributed by atoms with Gasteiger partial charge in [-0.15, -0.1) is 0 Å². The van der Waals surface area contributed by atoms with Crippen molar-refractivity contribution in [2.45, 2.75) is 24.8 Å². The van der Waals surface area contributed by atoms with Crippen molar-refractivity contribution in [1.82, 2.24) is 9.62 Å². The highest BCUT2D eigenvalue weighted by Gasteiger charge is 2.26. The first-order valence-corrected chi connectivity index (χ1v) is 12.7. The van der Waals surface area contributed by atoms with Crippen LogP contribution in [0.3, 0.4) is 0 Å². The van der Waals surface area contributed by atoms with Gasteiger partial charge in [-0.3, -0.25) is 4.79 Å². The molecule has 0 spiro atoms. The molecule has 5 nitrogen and oxygen atoms in total. The van der Waals surface area contributed by atoms with Gasteiger partial charge in [0.25, 0.3) is 0 Å². The zero-order valence-corrected chi connectivity index (χ0v) is 20.0. The number of amides is 1. The third kappa shape index (κ3) is 5.71. The molecule has 0 aliphatic heterocycles. The highest BCUT2D eigenvalue weighted by atomic mass is 32.2. The summed E-state index contributed by atoms with van der Waals surface area (Å²) in [6, 6.07) is 30.3. The number of carbonyl (C=O) groups is 1. The monoisotopic (exact) mass is 472 g/mol. The van der Waals surface area contributed by atoms with Crippen LogP contribution in [0.25, 0.3) is 10.8 Å². The molecule has 4 aromatic carbocycles. The lowest BCUT2D eigenvalue weighted by molar-refractivity contribution is -0.121. The number of nitrogens with zero attached hydrogens (tertiary/aromatic N) is 1. The highest BCUT2D eigenvalue weighted by molar-refractivity contribution is 7.89. The molecule has 0 saturated heterocycles. The average molecular weight is 473 g/mol. The largest absolute Gasteiger partial charge is 0.351 e. The van der Waals surface area contributed by atoms with Crippen LogP contribution in [0.1, 0.15) is 16.7 Å². The molecule has 4 aromatic rings. The first-order valence-electron chi connectivity index (χ1n) is 11.3. The molecule has 6 heteroatoms. The minimum absolute atomic E-state index is 0.188. The molecule has 0 radical (unpaired) electrons. The maximum Gasteiger partial charge on any atom is 0.243 e. The molecule has 4 rings (SSSR count).